The first-order valence-electron chi connectivity index (χ1n) is 9.85. The lowest BCUT2D eigenvalue weighted by atomic mass is 9.93. The fourth-order valence-corrected chi connectivity index (χ4v) is 4.14. The lowest BCUT2D eigenvalue weighted by Gasteiger charge is -2.26. The number of rotatable bonds is 6. The lowest BCUT2D eigenvalue weighted by molar-refractivity contribution is -0.125. The van der Waals surface area contributed by atoms with Crippen LogP contribution in [-0.4, -0.2) is 55.7 Å². The van der Waals surface area contributed by atoms with Crippen LogP contribution in [0.2, 0.25) is 0 Å². The molecule has 2 fully saturated rings. The van der Waals surface area contributed by atoms with E-state index in [4.69, 9.17) is 9.47 Å². The maximum Gasteiger partial charge on any atom is 0.254 e. The second kappa shape index (κ2) is 8.74. The van der Waals surface area contributed by atoms with Gasteiger partial charge in [-0.15, -0.1) is 0 Å². The average molecular weight is 374 g/mol. The third kappa shape index (κ3) is 4.43. The molecule has 0 aliphatic carbocycles. The number of methoxy groups -OCH3 is 1. The van der Waals surface area contributed by atoms with Crippen LogP contribution in [0, 0.1) is 11.8 Å². The van der Waals surface area contributed by atoms with Gasteiger partial charge >= 0.3 is 0 Å². The van der Waals surface area contributed by atoms with E-state index < -0.39 is 0 Å². The van der Waals surface area contributed by atoms with E-state index in [1.54, 1.807) is 36.3 Å². The molecule has 0 bridgehead atoms. The van der Waals surface area contributed by atoms with E-state index in [2.05, 4.69) is 19.2 Å². The Morgan fingerprint density at radius 1 is 1.26 bits per heavy atom. The van der Waals surface area contributed by atoms with E-state index >= 15 is 0 Å². The largest absolute Gasteiger partial charge is 0.497 e. The molecule has 3 rings (SSSR count). The Balaban J connectivity index is 1.59. The fourth-order valence-electron chi connectivity index (χ4n) is 4.14. The molecule has 27 heavy (non-hydrogen) atoms. The smallest absolute Gasteiger partial charge is 0.254 e. The number of benzene rings is 1. The van der Waals surface area contributed by atoms with Crippen LogP contribution in [0.25, 0.3) is 0 Å². The van der Waals surface area contributed by atoms with Gasteiger partial charge in [-0.3, -0.25) is 9.59 Å². The average Bonchev–Trinajstić information content (AvgIpc) is 3.35. The molecule has 3 atom stereocenters. The van der Waals surface area contributed by atoms with E-state index in [1.165, 1.54) is 0 Å². The van der Waals surface area contributed by atoms with Crippen LogP contribution in [0.1, 0.15) is 43.5 Å². The summed E-state index contributed by atoms with van der Waals surface area (Å²) in [5, 5.41) is 3.07. The first kappa shape index (κ1) is 19.7. The molecule has 0 spiro atoms. The minimum atomic E-state index is -0.389. The topological polar surface area (TPSA) is 67.9 Å². The zero-order chi connectivity index (χ0) is 19.4. The first-order chi connectivity index (χ1) is 13.0. The molecule has 2 heterocycles. The van der Waals surface area contributed by atoms with Crippen LogP contribution in [0.15, 0.2) is 24.3 Å². The predicted molar refractivity (Wildman–Crippen MR) is 103 cm³/mol. The summed E-state index contributed by atoms with van der Waals surface area (Å²) in [6, 6.07) is 6.64. The van der Waals surface area contributed by atoms with Crippen molar-refractivity contribution in [3.8, 4) is 5.75 Å². The minimum Gasteiger partial charge on any atom is -0.497 e. The van der Waals surface area contributed by atoms with Gasteiger partial charge in [-0.2, -0.15) is 0 Å². The van der Waals surface area contributed by atoms with Crippen molar-refractivity contribution in [2.24, 2.45) is 11.8 Å². The summed E-state index contributed by atoms with van der Waals surface area (Å²) in [5.74, 6) is 1.35. The number of nitrogens with one attached hydrogen (secondary N) is 1. The summed E-state index contributed by atoms with van der Waals surface area (Å²) in [6.07, 6.45) is 2.73. The molecule has 2 saturated heterocycles. The molecule has 2 aliphatic heterocycles. The maximum atomic E-state index is 12.8. The van der Waals surface area contributed by atoms with E-state index in [0.29, 0.717) is 42.7 Å². The van der Waals surface area contributed by atoms with Crippen LogP contribution in [0.4, 0.5) is 0 Å². The van der Waals surface area contributed by atoms with Gasteiger partial charge in [0.15, 0.2) is 0 Å². The van der Waals surface area contributed by atoms with E-state index in [9.17, 15) is 9.59 Å². The summed E-state index contributed by atoms with van der Waals surface area (Å²) >= 11 is 0. The predicted octanol–water partition coefficient (Wildman–Crippen LogP) is 2.48. The Morgan fingerprint density at radius 3 is 2.67 bits per heavy atom. The van der Waals surface area contributed by atoms with Gasteiger partial charge in [-0.1, -0.05) is 13.8 Å². The molecular weight excluding hydrogens is 344 g/mol. The monoisotopic (exact) mass is 374 g/mol. The minimum absolute atomic E-state index is 0.0521. The molecule has 1 aromatic rings. The summed E-state index contributed by atoms with van der Waals surface area (Å²) in [6.45, 7) is 6.29. The van der Waals surface area contributed by atoms with Crippen molar-refractivity contribution in [3.05, 3.63) is 29.8 Å². The lowest BCUT2D eigenvalue weighted by Crippen LogP contribution is -2.47. The van der Waals surface area contributed by atoms with Crippen molar-refractivity contribution < 1.29 is 19.1 Å². The number of carbonyl (C=O) groups excluding carboxylic acids is 2. The molecule has 1 aromatic carbocycles. The normalized spacial score (nSPS) is 25.0. The van der Waals surface area contributed by atoms with Gasteiger partial charge in [-0.25, -0.2) is 0 Å². The van der Waals surface area contributed by atoms with Crippen molar-refractivity contribution in [2.45, 2.75) is 45.3 Å². The highest BCUT2D eigenvalue weighted by atomic mass is 16.5. The number of nitrogens with zero attached hydrogens (tertiary/aromatic N) is 1. The van der Waals surface area contributed by atoms with Crippen molar-refractivity contribution in [1.82, 2.24) is 10.2 Å². The molecule has 6 heteroatoms. The Kier molecular flexibility index (Phi) is 6.37. The standard InChI is InChI=1S/C21H30N2O4/c1-14(2)19-16(10-12-27-19)13-22-20(24)18-5-4-11-23(18)21(25)15-6-8-17(26-3)9-7-15/h6-9,14,16,18-19H,4-5,10-13H2,1-3H3,(H,22,24)/t16-,18?,19-/m1/s1. The Labute approximate surface area is 161 Å². The molecule has 1 N–H and O–H groups in total. The quantitative estimate of drug-likeness (QED) is 0.831. The zero-order valence-corrected chi connectivity index (χ0v) is 16.4. The number of hydrogen-bond acceptors (Lipinski definition) is 4. The zero-order valence-electron chi connectivity index (χ0n) is 16.4. The van der Waals surface area contributed by atoms with Crippen LogP contribution >= 0.6 is 0 Å². The molecular formula is C21H30N2O4. The fraction of sp³-hybridized carbons (Fsp3) is 0.619. The van der Waals surface area contributed by atoms with Gasteiger partial charge in [0, 0.05) is 31.2 Å². The SMILES string of the molecule is COc1ccc(C(=O)N2CCCC2C(=O)NC[C@H]2CCO[C@@H]2C(C)C)cc1. The molecule has 2 aliphatic rings. The summed E-state index contributed by atoms with van der Waals surface area (Å²) in [7, 11) is 1.59. The van der Waals surface area contributed by atoms with Gasteiger partial charge in [0.2, 0.25) is 5.91 Å². The second-order valence-corrected chi connectivity index (χ2v) is 7.76. The van der Waals surface area contributed by atoms with Crippen molar-refractivity contribution in [3.63, 3.8) is 0 Å². The molecule has 2 amide bonds. The highest BCUT2D eigenvalue weighted by molar-refractivity contribution is 5.98. The van der Waals surface area contributed by atoms with Crippen LogP contribution < -0.4 is 10.1 Å². The molecule has 0 aromatic heterocycles. The number of hydrogen-bond donors (Lipinski definition) is 1. The third-order valence-electron chi connectivity index (χ3n) is 5.61. The first-order valence-corrected chi connectivity index (χ1v) is 9.85. The molecule has 6 nitrogen and oxygen atoms in total. The van der Waals surface area contributed by atoms with Gasteiger partial charge < -0.3 is 19.7 Å². The summed E-state index contributed by atoms with van der Waals surface area (Å²) < 4.78 is 10.9. The number of ether oxygens (including phenoxy) is 2. The van der Waals surface area contributed by atoms with E-state index in [-0.39, 0.29) is 24.0 Å². The van der Waals surface area contributed by atoms with Crippen molar-refractivity contribution in [1.29, 1.82) is 0 Å². The van der Waals surface area contributed by atoms with Gasteiger partial charge in [-0.05, 0) is 49.4 Å². The molecule has 0 saturated carbocycles. The maximum absolute atomic E-state index is 12.8. The number of carbonyl (C=O) groups is 2. The second-order valence-electron chi connectivity index (χ2n) is 7.76. The Bertz CT molecular complexity index is 659. The van der Waals surface area contributed by atoms with Gasteiger partial charge in [0.25, 0.3) is 5.91 Å². The number of likely N-dealkylation sites (tertiary alicyclic amines) is 1. The van der Waals surface area contributed by atoms with E-state index in [0.717, 1.165) is 19.4 Å². The summed E-state index contributed by atoms with van der Waals surface area (Å²) in [4.78, 5) is 27.3. The Morgan fingerprint density at radius 2 is 2.00 bits per heavy atom. The molecule has 0 radical (unpaired) electrons. The van der Waals surface area contributed by atoms with Gasteiger partial charge in [0.1, 0.15) is 11.8 Å². The summed E-state index contributed by atoms with van der Waals surface area (Å²) in [5.41, 5.74) is 0.583. The van der Waals surface area contributed by atoms with E-state index in [1.807, 2.05) is 0 Å². The van der Waals surface area contributed by atoms with Crippen molar-refractivity contribution >= 4 is 11.8 Å². The van der Waals surface area contributed by atoms with Crippen LogP contribution in [0.5, 0.6) is 5.75 Å². The Hall–Kier alpha value is -2.08. The van der Waals surface area contributed by atoms with Crippen molar-refractivity contribution in [2.75, 3.05) is 26.8 Å². The highest BCUT2D eigenvalue weighted by Crippen LogP contribution is 2.27. The molecule has 1 unspecified atom stereocenters. The highest BCUT2D eigenvalue weighted by Gasteiger charge is 2.36. The third-order valence-corrected chi connectivity index (χ3v) is 5.61. The molecule has 148 valence electrons. The van der Waals surface area contributed by atoms with Crippen LogP contribution in [-0.2, 0) is 9.53 Å². The van der Waals surface area contributed by atoms with Crippen LogP contribution in [0.3, 0.4) is 0 Å². The number of amides is 2. The van der Waals surface area contributed by atoms with Gasteiger partial charge in [0.05, 0.1) is 13.2 Å².